The Kier molecular flexibility index (Phi) is 5.00. The molecule has 26 heavy (non-hydrogen) atoms. The molecule has 1 N–H and O–H groups in total. The van der Waals surface area contributed by atoms with Crippen LogP contribution in [0.3, 0.4) is 0 Å². The zero-order valence-electron chi connectivity index (χ0n) is 15.7. The lowest BCUT2D eigenvalue weighted by atomic mass is 9.92. The molecule has 1 saturated heterocycles. The summed E-state index contributed by atoms with van der Waals surface area (Å²) in [6.45, 7) is 8.72. The van der Waals surface area contributed by atoms with Crippen LogP contribution in [0.5, 0.6) is 0 Å². The first-order chi connectivity index (χ1) is 12.7. The van der Waals surface area contributed by atoms with Gasteiger partial charge in [0.15, 0.2) is 0 Å². The number of rotatable bonds is 3. The van der Waals surface area contributed by atoms with E-state index in [1.54, 1.807) is 0 Å². The molecule has 2 heterocycles. The molecule has 0 amide bonds. The first-order valence-corrected chi connectivity index (χ1v) is 9.59. The average Bonchev–Trinajstić information content (AvgIpc) is 2.91. The number of hydrogen-bond acceptors (Lipinski definition) is 3. The standard InChI is InChI=1S/C23H27N3/c1-17-14-18(2)16-19(15-17)23(26-12-5-9-24-11-13-26)21-8-10-25-22-7-4-3-6-20(21)22/h3-4,6-8,10,14-16,23-24H,5,9,11-13H2,1-2H3. The lowest BCUT2D eigenvalue weighted by Gasteiger charge is -2.32. The minimum Gasteiger partial charge on any atom is -0.315 e. The second-order valence-corrected chi connectivity index (χ2v) is 7.38. The van der Waals surface area contributed by atoms with Gasteiger partial charge in [-0.1, -0.05) is 47.5 Å². The smallest absolute Gasteiger partial charge is 0.0705 e. The molecular weight excluding hydrogens is 318 g/mol. The summed E-state index contributed by atoms with van der Waals surface area (Å²) in [5.74, 6) is 0. The van der Waals surface area contributed by atoms with Crippen LogP contribution in [0.4, 0.5) is 0 Å². The Hall–Kier alpha value is -2.23. The number of pyridine rings is 1. The third kappa shape index (κ3) is 3.50. The molecule has 3 aromatic rings. The van der Waals surface area contributed by atoms with E-state index in [1.807, 2.05) is 6.20 Å². The first kappa shape index (κ1) is 17.2. The van der Waals surface area contributed by atoms with Gasteiger partial charge in [-0.05, 0) is 50.1 Å². The maximum Gasteiger partial charge on any atom is 0.0705 e. The molecule has 0 radical (unpaired) electrons. The molecule has 0 bridgehead atoms. The Bertz CT molecular complexity index is 869. The van der Waals surface area contributed by atoms with Crippen LogP contribution >= 0.6 is 0 Å². The predicted octanol–water partition coefficient (Wildman–Crippen LogP) is 4.24. The second-order valence-electron chi connectivity index (χ2n) is 7.38. The molecule has 134 valence electrons. The molecule has 4 rings (SSSR count). The van der Waals surface area contributed by atoms with Crippen molar-refractivity contribution in [2.45, 2.75) is 26.3 Å². The van der Waals surface area contributed by atoms with Crippen LogP contribution in [-0.4, -0.2) is 36.1 Å². The van der Waals surface area contributed by atoms with Crippen LogP contribution in [0.2, 0.25) is 0 Å². The van der Waals surface area contributed by atoms with Gasteiger partial charge in [-0.2, -0.15) is 0 Å². The number of nitrogens with zero attached hydrogens (tertiary/aromatic N) is 2. The van der Waals surface area contributed by atoms with E-state index < -0.39 is 0 Å². The molecule has 1 aliphatic heterocycles. The molecule has 1 aromatic heterocycles. The molecule has 1 atom stereocenters. The van der Waals surface area contributed by atoms with Crippen LogP contribution in [0, 0.1) is 13.8 Å². The lowest BCUT2D eigenvalue weighted by Crippen LogP contribution is -2.33. The Morgan fingerprint density at radius 1 is 0.962 bits per heavy atom. The van der Waals surface area contributed by atoms with Gasteiger partial charge in [0.05, 0.1) is 11.6 Å². The van der Waals surface area contributed by atoms with Gasteiger partial charge in [0.25, 0.3) is 0 Å². The van der Waals surface area contributed by atoms with Crippen LogP contribution in [-0.2, 0) is 0 Å². The SMILES string of the molecule is Cc1cc(C)cc(C(c2ccnc3ccccc23)N2CCCNCC2)c1. The number of aromatic nitrogens is 1. The van der Waals surface area contributed by atoms with Gasteiger partial charge in [-0.3, -0.25) is 9.88 Å². The van der Waals surface area contributed by atoms with E-state index in [0.717, 1.165) is 31.7 Å². The molecule has 0 saturated carbocycles. The minimum absolute atomic E-state index is 0.265. The Labute approximate surface area is 156 Å². The second kappa shape index (κ2) is 7.56. The zero-order valence-corrected chi connectivity index (χ0v) is 15.7. The summed E-state index contributed by atoms with van der Waals surface area (Å²) in [7, 11) is 0. The number of nitrogens with one attached hydrogen (secondary N) is 1. The highest BCUT2D eigenvalue weighted by Gasteiger charge is 2.25. The summed E-state index contributed by atoms with van der Waals surface area (Å²) in [5.41, 5.74) is 6.49. The van der Waals surface area contributed by atoms with E-state index in [2.05, 4.69) is 77.6 Å². The molecule has 1 aliphatic rings. The maximum atomic E-state index is 4.59. The van der Waals surface area contributed by atoms with Crippen LogP contribution < -0.4 is 5.32 Å². The fourth-order valence-corrected chi connectivity index (χ4v) is 4.24. The first-order valence-electron chi connectivity index (χ1n) is 9.59. The van der Waals surface area contributed by atoms with Crippen molar-refractivity contribution >= 4 is 10.9 Å². The van der Waals surface area contributed by atoms with Crippen molar-refractivity contribution in [1.82, 2.24) is 15.2 Å². The van der Waals surface area contributed by atoms with Gasteiger partial charge in [-0.25, -0.2) is 0 Å². The maximum absolute atomic E-state index is 4.59. The highest BCUT2D eigenvalue weighted by Crippen LogP contribution is 2.34. The lowest BCUT2D eigenvalue weighted by molar-refractivity contribution is 0.242. The summed E-state index contributed by atoms with van der Waals surface area (Å²) in [5, 5.41) is 4.80. The fourth-order valence-electron chi connectivity index (χ4n) is 4.24. The normalized spacial score (nSPS) is 17.2. The molecule has 2 aromatic carbocycles. The monoisotopic (exact) mass is 345 g/mol. The number of benzene rings is 2. The Balaban J connectivity index is 1.89. The van der Waals surface area contributed by atoms with Gasteiger partial charge in [0, 0.05) is 31.2 Å². The van der Waals surface area contributed by atoms with Crippen molar-refractivity contribution in [2.75, 3.05) is 26.2 Å². The number of hydrogen-bond donors (Lipinski definition) is 1. The Morgan fingerprint density at radius 3 is 2.62 bits per heavy atom. The molecule has 1 unspecified atom stereocenters. The van der Waals surface area contributed by atoms with Crippen LogP contribution in [0.1, 0.15) is 34.7 Å². The minimum atomic E-state index is 0.265. The highest BCUT2D eigenvalue weighted by atomic mass is 15.2. The summed E-state index contributed by atoms with van der Waals surface area (Å²) >= 11 is 0. The predicted molar refractivity (Wildman–Crippen MR) is 109 cm³/mol. The van der Waals surface area contributed by atoms with Crippen molar-refractivity contribution < 1.29 is 0 Å². The summed E-state index contributed by atoms with van der Waals surface area (Å²) in [4.78, 5) is 7.22. The number of aryl methyl sites for hydroxylation is 2. The summed E-state index contributed by atoms with van der Waals surface area (Å²) in [6, 6.07) is 18.0. The van der Waals surface area contributed by atoms with Crippen LogP contribution in [0.15, 0.2) is 54.7 Å². The van der Waals surface area contributed by atoms with Crippen molar-refractivity contribution in [1.29, 1.82) is 0 Å². The van der Waals surface area contributed by atoms with Gasteiger partial charge in [0.1, 0.15) is 0 Å². The van der Waals surface area contributed by atoms with Gasteiger partial charge in [-0.15, -0.1) is 0 Å². The topological polar surface area (TPSA) is 28.2 Å². The van der Waals surface area contributed by atoms with Crippen molar-refractivity contribution in [3.05, 3.63) is 77.0 Å². The number of fused-ring (bicyclic) bond motifs is 1. The van der Waals surface area contributed by atoms with E-state index in [-0.39, 0.29) is 6.04 Å². The Morgan fingerprint density at radius 2 is 1.77 bits per heavy atom. The van der Waals surface area contributed by atoms with Crippen molar-refractivity contribution in [3.63, 3.8) is 0 Å². The van der Waals surface area contributed by atoms with E-state index >= 15 is 0 Å². The molecule has 3 heteroatoms. The third-order valence-electron chi connectivity index (χ3n) is 5.28. The van der Waals surface area contributed by atoms with E-state index in [0.29, 0.717) is 0 Å². The summed E-state index contributed by atoms with van der Waals surface area (Å²) in [6.07, 6.45) is 3.15. The van der Waals surface area contributed by atoms with Crippen molar-refractivity contribution in [3.8, 4) is 0 Å². The van der Waals surface area contributed by atoms with E-state index in [1.165, 1.54) is 34.1 Å². The molecule has 0 spiro atoms. The largest absolute Gasteiger partial charge is 0.315 e. The van der Waals surface area contributed by atoms with E-state index in [4.69, 9.17) is 0 Å². The van der Waals surface area contributed by atoms with Gasteiger partial charge >= 0.3 is 0 Å². The van der Waals surface area contributed by atoms with Gasteiger partial charge < -0.3 is 5.32 Å². The molecule has 0 aliphatic carbocycles. The average molecular weight is 345 g/mol. The molecular formula is C23H27N3. The van der Waals surface area contributed by atoms with Crippen LogP contribution in [0.25, 0.3) is 10.9 Å². The zero-order chi connectivity index (χ0) is 17.9. The van der Waals surface area contributed by atoms with Crippen molar-refractivity contribution in [2.24, 2.45) is 0 Å². The highest BCUT2D eigenvalue weighted by molar-refractivity contribution is 5.82. The third-order valence-corrected chi connectivity index (χ3v) is 5.28. The molecule has 1 fully saturated rings. The van der Waals surface area contributed by atoms with E-state index in [9.17, 15) is 0 Å². The summed E-state index contributed by atoms with van der Waals surface area (Å²) < 4.78 is 0. The van der Waals surface area contributed by atoms with Gasteiger partial charge in [0.2, 0.25) is 0 Å². The number of para-hydroxylation sites is 1. The quantitative estimate of drug-likeness (QED) is 0.770. The fraction of sp³-hybridized carbons (Fsp3) is 0.348. The molecule has 3 nitrogen and oxygen atoms in total.